The maximum atomic E-state index is 5.28. The van der Waals surface area contributed by atoms with Crippen LogP contribution in [0.2, 0.25) is 0 Å². The van der Waals surface area contributed by atoms with Crippen LogP contribution in [0, 0.1) is 5.92 Å². The van der Waals surface area contributed by atoms with E-state index in [0.717, 1.165) is 24.8 Å². The number of likely N-dealkylation sites (tertiary alicyclic amines) is 1. The summed E-state index contributed by atoms with van der Waals surface area (Å²) in [7, 11) is 1.73. The summed E-state index contributed by atoms with van der Waals surface area (Å²) in [6.07, 6.45) is 2.54. The number of methoxy groups -OCH3 is 1. The third kappa shape index (κ3) is 4.51. The Morgan fingerprint density at radius 3 is 3.11 bits per heavy atom. The van der Waals surface area contributed by atoms with Crippen LogP contribution in [0.15, 0.2) is 24.3 Å². The van der Waals surface area contributed by atoms with Crippen molar-refractivity contribution in [2.24, 2.45) is 5.92 Å². The molecule has 3 heteroatoms. The normalized spacial score (nSPS) is 19.8. The predicted molar refractivity (Wildman–Crippen MR) is 79.5 cm³/mol. The smallest absolute Gasteiger partial charge is 0.119 e. The van der Waals surface area contributed by atoms with Crippen LogP contribution in [0.3, 0.4) is 0 Å². The maximum absolute atomic E-state index is 5.28. The number of nitrogens with zero attached hydrogens (tertiary/aromatic N) is 1. The number of rotatable bonds is 7. The molecule has 0 saturated carbocycles. The van der Waals surface area contributed by atoms with Gasteiger partial charge in [-0.2, -0.15) is 0 Å². The highest BCUT2D eigenvalue weighted by Crippen LogP contribution is 2.20. The fraction of sp³-hybridized carbons (Fsp3) is 0.625. The minimum Gasteiger partial charge on any atom is -0.497 e. The lowest BCUT2D eigenvalue weighted by Crippen LogP contribution is -2.26. The molecule has 106 valence electrons. The Labute approximate surface area is 116 Å². The van der Waals surface area contributed by atoms with Gasteiger partial charge in [-0.25, -0.2) is 0 Å². The van der Waals surface area contributed by atoms with Gasteiger partial charge in [0.05, 0.1) is 7.11 Å². The lowest BCUT2D eigenvalue weighted by Gasteiger charge is -2.16. The van der Waals surface area contributed by atoms with Crippen LogP contribution in [-0.2, 0) is 6.54 Å². The molecule has 0 radical (unpaired) electrons. The van der Waals surface area contributed by atoms with Gasteiger partial charge in [0.2, 0.25) is 0 Å². The van der Waals surface area contributed by atoms with E-state index in [-0.39, 0.29) is 0 Å². The van der Waals surface area contributed by atoms with Crippen LogP contribution >= 0.6 is 0 Å². The van der Waals surface area contributed by atoms with Crippen LogP contribution in [0.4, 0.5) is 0 Å². The molecule has 1 atom stereocenters. The van der Waals surface area contributed by atoms with E-state index in [1.54, 1.807) is 7.11 Å². The Balaban J connectivity index is 1.77. The zero-order valence-corrected chi connectivity index (χ0v) is 12.2. The van der Waals surface area contributed by atoms with E-state index in [1.165, 1.54) is 38.0 Å². The minimum atomic E-state index is 0.817. The van der Waals surface area contributed by atoms with Crippen LogP contribution in [0.1, 0.15) is 25.3 Å². The lowest BCUT2D eigenvalue weighted by atomic mass is 10.1. The molecular weight excluding hydrogens is 236 g/mol. The van der Waals surface area contributed by atoms with Crippen LogP contribution < -0.4 is 10.1 Å². The summed E-state index contributed by atoms with van der Waals surface area (Å²) in [4.78, 5) is 2.55. The zero-order chi connectivity index (χ0) is 13.5. The van der Waals surface area contributed by atoms with Gasteiger partial charge in [0.1, 0.15) is 5.75 Å². The zero-order valence-electron chi connectivity index (χ0n) is 12.2. The van der Waals surface area contributed by atoms with Crippen molar-refractivity contribution in [3.8, 4) is 5.75 Å². The van der Waals surface area contributed by atoms with Gasteiger partial charge in [-0.3, -0.25) is 4.90 Å². The molecule has 3 nitrogen and oxygen atoms in total. The average molecular weight is 262 g/mol. The number of hydrogen-bond acceptors (Lipinski definition) is 3. The van der Waals surface area contributed by atoms with Gasteiger partial charge >= 0.3 is 0 Å². The highest BCUT2D eigenvalue weighted by atomic mass is 16.5. The number of benzene rings is 1. The van der Waals surface area contributed by atoms with Gasteiger partial charge in [-0.15, -0.1) is 0 Å². The van der Waals surface area contributed by atoms with Gasteiger partial charge in [-0.1, -0.05) is 19.1 Å². The van der Waals surface area contributed by atoms with E-state index in [2.05, 4.69) is 35.3 Å². The second kappa shape index (κ2) is 7.51. The summed E-state index contributed by atoms with van der Waals surface area (Å²) in [6, 6.07) is 8.41. The fourth-order valence-corrected chi connectivity index (χ4v) is 2.74. The fourth-order valence-electron chi connectivity index (χ4n) is 2.74. The van der Waals surface area contributed by atoms with Gasteiger partial charge in [-0.05, 0) is 56.1 Å². The van der Waals surface area contributed by atoms with Crippen molar-refractivity contribution >= 4 is 0 Å². The molecule has 0 spiro atoms. The molecular formula is C16H26N2O. The van der Waals surface area contributed by atoms with Crippen LogP contribution in [0.25, 0.3) is 0 Å². The van der Waals surface area contributed by atoms with E-state index in [0.29, 0.717) is 0 Å². The lowest BCUT2D eigenvalue weighted by molar-refractivity contribution is 0.313. The largest absolute Gasteiger partial charge is 0.497 e. The molecule has 19 heavy (non-hydrogen) atoms. The molecule has 1 aromatic carbocycles. The second-order valence-corrected chi connectivity index (χ2v) is 5.45. The van der Waals surface area contributed by atoms with Gasteiger partial charge < -0.3 is 10.1 Å². The molecule has 0 amide bonds. The van der Waals surface area contributed by atoms with E-state index >= 15 is 0 Å². The molecule has 1 fully saturated rings. The van der Waals surface area contributed by atoms with Crippen molar-refractivity contribution in [3.05, 3.63) is 29.8 Å². The third-order valence-corrected chi connectivity index (χ3v) is 3.77. The van der Waals surface area contributed by atoms with Gasteiger partial charge in [0.25, 0.3) is 0 Å². The highest BCUT2D eigenvalue weighted by Gasteiger charge is 2.21. The van der Waals surface area contributed by atoms with E-state index in [9.17, 15) is 0 Å². The summed E-state index contributed by atoms with van der Waals surface area (Å²) >= 11 is 0. The molecule has 1 N–H and O–H groups in total. The number of nitrogens with one attached hydrogen (secondary N) is 1. The highest BCUT2D eigenvalue weighted by molar-refractivity contribution is 5.28. The van der Waals surface area contributed by atoms with Crippen molar-refractivity contribution in [3.63, 3.8) is 0 Å². The Kier molecular flexibility index (Phi) is 5.67. The average Bonchev–Trinajstić information content (AvgIpc) is 2.87. The van der Waals surface area contributed by atoms with E-state index in [1.807, 2.05) is 6.07 Å². The first-order valence-corrected chi connectivity index (χ1v) is 7.37. The SMILES string of the molecule is CCCNCC1CCN(Cc2cccc(OC)c2)C1. The third-order valence-electron chi connectivity index (χ3n) is 3.77. The second-order valence-electron chi connectivity index (χ2n) is 5.45. The Morgan fingerprint density at radius 2 is 2.32 bits per heavy atom. The molecule has 0 aromatic heterocycles. The Bertz CT molecular complexity index is 381. The molecule has 1 saturated heterocycles. The van der Waals surface area contributed by atoms with E-state index in [4.69, 9.17) is 4.74 Å². The first-order valence-electron chi connectivity index (χ1n) is 7.37. The standard InChI is InChI=1S/C16H26N2O/c1-3-8-17-11-15-7-9-18(13-15)12-14-5-4-6-16(10-14)19-2/h4-6,10,15,17H,3,7-9,11-13H2,1-2H3. The van der Waals surface area contributed by atoms with Crippen molar-refractivity contribution in [1.29, 1.82) is 0 Å². The van der Waals surface area contributed by atoms with Gasteiger partial charge in [0.15, 0.2) is 0 Å². The molecule has 2 rings (SSSR count). The summed E-state index contributed by atoms with van der Waals surface area (Å²) in [6.45, 7) is 8.01. The molecule has 1 unspecified atom stereocenters. The van der Waals surface area contributed by atoms with Crippen LogP contribution in [-0.4, -0.2) is 38.2 Å². The molecule has 1 heterocycles. The predicted octanol–water partition coefficient (Wildman–Crippen LogP) is 2.52. The van der Waals surface area contributed by atoms with Crippen LogP contribution in [0.5, 0.6) is 5.75 Å². The first-order chi connectivity index (χ1) is 9.31. The number of ether oxygens (including phenoxy) is 1. The van der Waals surface area contributed by atoms with Crippen molar-refractivity contribution in [2.75, 3.05) is 33.3 Å². The van der Waals surface area contributed by atoms with E-state index < -0.39 is 0 Å². The summed E-state index contributed by atoms with van der Waals surface area (Å²) in [5.74, 6) is 1.77. The summed E-state index contributed by atoms with van der Waals surface area (Å²) in [5, 5.41) is 3.53. The summed E-state index contributed by atoms with van der Waals surface area (Å²) < 4.78 is 5.28. The van der Waals surface area contributed by atoms with Gasteiger partial charge in [0, 0.05) is 13.1 Å². The molecule has 0 bridgehead atoms. The summed E-state index contributed by atoms with van der Waals surface area (Å²) in [5.41, 5.74) is 1.35. The molecule has 1 aliphatic rings. The van der Waals surface area contributed by atoms with Crippen molar-refractivity contribution < 1.29 is 4.74 Å². The molecule has 1 aliphatic heterocycles. The first kappa shape index (κ1) is 14.4. The molecule has 1 aromatic rings. The number of hydrogen-bond donors (Lipinski definition) is 1. The Hall–Kier alpha value is -1.06. The Morgan fingerprint density at radius 1 is 1.42 bits per heavy atom. The minimum absolute atomic E-state index is 0.817. The van der Waals surface area contributed by atoms with Crippen molar-refractivity contribution in [1.82, 2.24) is 10.2 Å². The van der Waals surface area contributed by atoms with Crippen molar-refractivity contribution in [2.45, 2.75) is 26.3 Å². The maximum Gasteiger partial charge on any atom is 0.119 e. The monoisotopic (exact) mass is 262 g/mol. The topological polar surface area (TPSA) is 24.5 Å². The quantitative estimate of drug-likeness (QED) is 0.764. The molecule has 0 aliphatic carbocycles.